The molecule has 1 aliphatic heterocycles. The number of nitrogens with one attached hydrogen (secondary N) is 1. The van der Waals surface area contributed by atoms with Crippen LogP contribution in [0, 0.1) is 0 Å². The molecule has 1 amide bonds. The molecule has 0 bridgehead atoms. The lowest BCUT2D eigenvalue weighted by atomic mass is 9.95. The first kappa shape index (κ1) is 24.9. The molecule has 0 aliphatic carbocycles. The third kappa shape index (κ3) is 5.81. The second-order valence-corrected chi connectivity index (χ2v) is 9.25. The smallest absolute Gasteiger partial charge is 0.335 e. The van der Waals surface area contributed by atoms with Crippen LogP contribution < -0.4 is 14.8 Å². The Labute approximate surface area is 192 Å². The molecule has 1 N–H and O–H groups in total. The number of carbonyl (C=O) groups excluding carboxylic acids is 2. The van der Waals surface area contributed by atoms with Gasteiger partial charge in [0.05, 0.1) is 33.6 Å². The number of ketones is 1. The van der Waals surface area contributed by atoms with Crippen LogP contribution in [0.15, 0.2) is 36.4 Å². The Kier molecular flexibility index (Phi) is 8.26. The minimum absolute atomic E-state index is 0.131. The van der Waals surface area contributed by atoms with Crippen molar-refractivity contribution >= 4 is 25.0 Å². The normalized spacial score (nSPS) is 15.6. The third-order valence-electron chi connectivity index (χ3n) is 5.01. The first-order valence-electron chi connectivity index (χ1n) is 10.5. The summed E-state index contributed by atoms with van der Waals surface area (Å²) in [5.41, 5.74) is 2.04. The second-order valence-electron chi connectivity index (χ2n) is 7.20. The summed E-state index contributed by atoms with van der Waals surface area (Å²) >= 11 is 0. The summed E-state index contributed by atoms with van der Waals surface area (Å²) in [4.78, 5) is 25.3. The van der Waals surface area contributed by atoms with Crippen molar-refractivity contribution < 1.29 is 37.4 Å². The van der Waals surface area contributed by atoms with Gasteiger partial charge >= 0.3 is 7.60 Å². The molecular weight excluding hydrogens is 449 g/mol. The van der Waals surface area contributed by atoms with Crippen LogP contribution in [0.25, 0.3) is 0 Å². The zero-order valence-electron chi connectivity index (χ0n) is 19.1. The van der Waals surface area contributed by atoms with E-state index in [1.165, 1.54) is 14.2 Å². The maximum Gasteiger partial charge on any atom is 0.335 e. The number of benzene rings is 2. The molecule has 1 unspecified atom stereocenters. The first-order valence-corrected chi connectivity index (χ1v) is 12.3. The summed E-state index contributed by atoms with van der Waals surface area (Å²) < 4.78 is 39.5. The Hall–Kier alpha value is -2.71. The van der Waals surface area contributed by atoms with E-state index < -0.39 is 19.6 Å². The van der Waals surface area contributed by atoms with Gasteiger partial charge in [-0.05, 0) is 43.7 Å². The standard InChI is InChI=1S/C23H28NO8P/c1-5-31-33(27,32-6-2)14-15-7-9-16(10-8-15)24-23(26)22-18-12-21(29-4)20(28-3)11-17(18)19(25)13-30-22/h7-12,22H,5-6,13-14H2,1-4H3,(H,24,26). The molecule has 2 aromatic rings. The molecule has 2 aromatic carbocycles. The average Bonchev–Trinajstić information content (AvgIpc) is 2.80. The molecule has 1 heterocycles. The summed E-state index contributed by atoms with van der Waals surface area (Å²) in [6, 6.07) is 10.0. The highest BCUT2D eigenvalue weighted by Gasteiger charge is 2.33. The fourth-order valence-electron chi connectivity index (χ4n) is 3.54. The van der Waals surface area contributed by atoms with Crippen LogP contribution >= 0.6 is 7.60 Å². The summed E-state index contributed by atoms with van der Waals surface area (Å²) in [6.45, 7) is 3.87. The van der Waals surface area contributed by atoms with E-state index in [1.54, 1.807) is 50.2 Å². The number of rotatable bonds is 10. The van der Waals surface area contributed by atoms with Crippen molar-refractivity contribution in [1.82, 2.24) is 0 Å². The Morgan fingerprint density at radius 2 is 1.67 bits per heavy atom. The number of ether oxygens (including phenoxy) is 3. The highest BCUT2D eigenvalue weighted by molar-refractivity contribution is 7.53. The second kappa shape index (κ2) is 10.9. The molecule has 1 atom stereocenters. The van der Waals surface area contributed by atoms with E-state index in [-0.39, 0.29) is 31.8 Å². The van der Waals surface area contributed by atoms with Gasteiger partial charge in [0.2, 0.25) is 0 Å². The van der Waals surface area contributed by atoms with Crippen molar-refractivity contribution in [1.29, 1.82) is 0 Å². The molecule has 33 heavy (non-hydrogen) atoms. The van der Waals surface area contributed by atoms with E-state index in [2.05, 4.69) is 5.32 Å². The largest absolute Gasteiger partial charge is 0.493 e. The van der Waals surface area contributed by atoms with Crippen molar-refractivity contribution in [2.45, 2.75) is 26.1 Å². The summed E-state index contributed by atoms with van der Waals surface area (Å²) in [5, 5.41) is 2.79. The van der Waals surface area contributed by atoms with Gasteiger partial charge in [-0.15, -0.1) is 0 Å². The van der Waals surface area contributed by atoms with E-state index >= 15 is 0 Å². The maximum absolute atomic E-state index is 13.0. The van der Waals surface area contributed by atoms with E-state index in [1.807, 2.05) is 0 Å². The molecule has 0 fully saturated rings. The van der Waals surface area contributed by atoms with Gasteiger partial charge in [0, 0.05) is 16.8 Å². The van der Waals surface area contributed by atoms with Gasteiger partial charge < -0.3 is 28.6 Å². The van der Waals surface area contributed by atoms with E-state index in [4.69, 9.17) is 23.3 Å². The van der Waals surface area contributed by atoms with Crippen LogP contribution in [0.4, 0.5) is 5.69 Å². The number of methoxy groups -OCH3 is 2. The molecule has 9 nitrogen and oxygen atoms in total. The predicted molar refractivity (Wildman–Crippen MR) is 122 cm³/mol. The minimum atomic E-state index is -3.22. The SMILES string of the molecule is CCOP(=O)(Cc1ccc(NC(=O)C2OCC(=O)c3cc(OC)c(OC)cc32)cc1)OCC. The van der Waals surface area contributed by atoms with Crippen molar-refractivity contribution in [2.75, 3.05) is 39.4 Å². The van der Waals surface area contributed by atoms with Gasteiger partial charge in [0.1, 0.15) is 6.61 Å². The van der Waals surface area contributed by atoms with Crippen molar-refractivity contribution in [3.63, 3.8) is 0 Å². The lowest BCUT2D eigenvalue weighted by Gasteiger charge is -2.25. The summed E-state index contributed by atoms with van der Waals surface area (Å²) in [5.74, 6) is 0.118. The highest BCUT2D eigenvalue weighted by Crippen LogP contribution is 2.51. The van der Waals surface area contributed by atoms with E-state index in [9.17, 15) is 14.2 Å². The fraction of sp³-hybridized carbons (Fsp3) is 0.391. The molecular formula is C23H28NO8P. The number of hydrogen-bond acceptors (Lipinski definition) is 8. The van der Waals surface area contributed by atoms with Crippen molar-refractivity contribution in [3.05, 3.63) is 53.1 Å². The van der Waals surface area contributed by atoms with Gasteiger partial charge in [0.25, 0.3) is 5.91 Å². The number of Topliss-reactive ketones (excluding diaryl/α,β-unsaturated/α-hetero) is 1. The zero-order chi connectivity index (χ0) is 24.0. The molecule has 0 spiro atoms. The van der Waals surface area contributed by atoms with Crippen LogP contribution in [0.1, 0.15) is 41.4 Å². The number of fused-ring (bicyclic) bond motifs is 1. The van der Waals surface area contributed by atoms with Crippen molar-refractivity contribution in [2.24, 2.45) is 0 Å². The van der Waals surface area contributed by atoms with Crippen LogP contribution in [-0.2, 0) is 29.3 Å². The number of amides is 1. The fourth-order valence-corrected chi connectivity index (χ4v) is 5.25. The summed E-state index contributed by atoms with van der Waals surface area (Å²) in [6.07, 6.45) is -0.862. The molecule has 1 aliphatic rings. The number of anilines is 1. The van der Waals surface area contributed by atoms with Crippen LogP contribution in [-0.4, -0.2) is 45.7 Å². The highest BCUT2D eigenvalue weighted by atomic mass is 31.2. The monoisotopic (exact) mass is 477 g/mol. The van der Waals surface area contributed by atoms with Gasteiger partial charge in [-0.1, -0.05) is 12.1 Å². The molecule has 10 heteroatoms. The lowest BCUT2D eigenvalue weighted by Crippen LogP contribution is -2.31. The number of hydrogen-bond donors (Lipinski definition) is 1. The van der Waals surface area contributed by atoms with Crippen LogP contribution in [0.5, 0.6) is 11.5 Å². The Bertz CT molecular complexity index is 1040. The van der Waals surface area contributed by atoms with Gasteiger partial charge in [-0.25, -0.2) is 0 Å². The lowest BCUT2D eigenvalue weighted by molar-refractivity contribution is -0.127. The Morgan fingerprint density at radius 1 is 1.06 bits per heavy atom. The van der Waals surface area contributed by atoms with Gasteiger partial charge in [-0.2, -0.15) is 0 Å². The topological polar surface area (TPSA) is 109 Å². The molecule has 0 saturated carbocycles. The molecule has 3 rings (SSSR count). The molecule has 0 radical (unpaired) electrons. The quantitative estimate of drug-likeness (QED) is 0.503. The average molecular weight is 477 g/mol. The van der Waals surface area contributed by atoms with Crippen LogP contribution in [0.3, 0.4) is 0 Å². The Balaban J connectivity index is 1.76. The van der Waals surface area contributed by atoms with Gasteiger partial charge in [-0.3, -0.25) is 14.2 Å². The first-order chi connectivity index (χ1) is 15.8. The molecule has 0 saturated heterocycles. The van der Waals surface area contributed by atoms with Crippen molar-refractivity contribution in [3.8, 4) is 11.5 Å². The third-order valence-corrected chi connectivity index (χ3v) is 7.06. The maximum atomic E-state index is 13.0. The van der Waals surface area contributed by atoms with E-state index in [0.29, 0.717) is 28.3 Å². The van der Waals surface area contributed by atoms with Gasteiger partial charge in [0.15, 0.2) is 23.4 Å². The molecule has 178 valence electrons. The predicted octanol–water partition coefficient (Wildman–Crippen LogP) is 4.36. The Morgan fingerprint density at radius 3 is 2.24 bits per heavy atom. The van der Waals surface area contributed by atoms with Crippen LogP contribution in [0.2, 0.25) is 0 Å². The number of carbonyl (C=O) groups is 2. The van der Waals surface area contributed by atoms with E-state index in [0.717, 1.165) is 5.56 Å². The summed E-state index contributed by atoms with van der Waals surface area (Å²) in [7, 11) is -0.274. The zero-order valence-corrected chi connectivity index (χ0v) is 20.0. The molecule has 0 aromatic heterocycles. The minimum Gasteiger partial charge on any atom is -0.493 e.